The van der Waals surface area contributed by atoms with Gasteiger partial charge in [0.25, 0.3) is 0 Å². The van der Waals surface area contributed by atoms with Gasteiger partial charge in [0.2, 0.25) is 0 Å². The second-order valence-corrected chi connectivity index (χ2v) is 11.8. The van der Waals surface area contributed by atoms with E-state index in [0.29, 0.717) is 33.0 Å². The van der Waals surface area contributed by atoms with Crippen LogP contribution in [0, 0.1) is 6.92 Å². The molecule has 5 nitrogen and oxygen atoms in total. The summed E-state index contributed by atoms with van der Waals surface area (Å²) >= 11 is 0. The van der Waals surface area contributed by atoms with Crippen molar-refractivity contribution in [3.8, 4) is 5.75 Å². The Hall–Kier alpha value is -4.52. The van der Waals surface area contributed by atoms with Gasteiger partial charge in [-0.25, -0.2) is 0 Å². The molecule has 0 saturated heterocycles. The van der Waals surface area contributed by atoms with Gasteiger partial charge >= 0.3 is 0 Å². The first kappa shape index (κ1) is 32.4. The number of rotatable bonds is 15. The second-order valence-electron chi connectivity index (χ2n) is 11.8. The zero-order valence-corrected chi connectivity index (χ0v) is 26.8. The molecule has 240 valence electrons. The van der Waals surface area contributed by atoms with Gasteiger partial charge in [0.1, 0.15) is 30.2 Å². The lowest BCUT2D eigenvalue weighted by Gasteiger charge is -2.42. The van der Waals surface area contributed by atoms with Crippen LogP contribution in [0.1, 0.15) is 27.8 Å². The van der Waals surface area contributed by atoms with Gasteiger partial charge in [0, 0.05) is 0 Å². The zero-order chi connectivity index (χ0) is 32.1. The number of aryl methyl sites for hydroxylation is 1. The number of ether oxygens (including phenoxy) is 5. The van der Waals surface area contributed by atoms with E-state index in [2.05, 4.69) is 67.6 Å². The molecule has 47 heavy (non-hydrogen) atoms. The van der Waals surface area contributed by atoms with E-state index >= 15 is 0 Å². The monoisotopic (exact) mass is 626 g/mol. The van der Waals surface area contributed by atoms with Crippen LogP contribution in [0.3, 0.4) is 0 Å². The fourth-order valence-electron chi connectivity index (χ4n) is 5.77. The molecule has 0 aliphatic heterocycles. The summed E-state index contributed by atoms with van der Waals surface area (Å²) in [6.07, 6.45) is 0.277. The third kappa shape index (κ3) is 9.28. The van der Waals surface area contributed by atoms with Crippen LogP contribution >= 0.6 is 0 Å². The fourth-order valence-corrected chi connectivity index (χ4v) is 5.77. The second kappa shape index (κ2) is 16.9. The lowest BCUT2D eigenvalue weighted by Crippen LogP contribution is -2.54. The molecule has 4 atom stereocenters. The third-order valence-electron chi connectivity index (χ3n) is 8.27. The van der Waals surface area contributed by atoms with Crippen LogP contribution in [0.4, 0.5) is 0 Å². The maximum absolute atomic E-state index is 6.84. The normalized spacial score (nSPS) is 19.2. The largest absolute Gasteiger partial charge is 0.483 e. The highest BCUT2D eigenvalue weighted by Gasteiger charge is 2.44. The van der Waals surface area contributed by atoms with E-state index in [4.69, 9.17) is 23.7 Å². The van der Waals surface area contributed by atoms with Crippen LogP contribution in [0.15, 0.2) is 157 Å². The van der Waals surface area contributed by atoms with E-state index in [1.807, 2.05) is 91.0 Å². The van der Waals surface area contributed by atoms with Crippen molar-refractivity contribution in [3.05, 3.63) is 185 Å². The number of para-hydroxylation sites is 1. The topological polar surface area (TPSA) is 46.2 Å². The summed E-state index contributed by atoms with van der Waals surface area (Å²) in [6.45, 7) is 4.12. The van der Waals surface area contributed by atoms with E-state index in [9.17, 15) is 0 Å². The summed E-state index contributed by atoms with van der Waals surface area (Å²) in [5.41, 5.74) is 6.36. The van der Waals surface area contributed by atoms with Crippen LogP contribution in [0.2, 0.25) is 0 Å². The van der Waals surface area contributed by atoms with E-state index < -0.39 is 24.4 Å². The molecule has 0 saturated carbocycles. The average molecular weight is 627 g/mol. The van der Waals surface area contributed by atoms with Crippen molar-refractivity contribution in [2.24, 2.45) is 0 Å². The molecule has 1 aliphatic rings. The predicted octanol–water partition coefficient (Wildman–Crippen LogP) is 8.66. The lowest BCUT2D eigenvalue weighted by atomic mass is 9.88. The Morgan fingerprint density at radius 1 is 0.447 bits per heavy atom. The molecule has 0 fully saturated rings. The smallest absolute Gasteiger partial charge is 0.146 e. The van der Waals surface area contributed by atoms with E-state index in [1.165, 1.54) is 0 Å². The quantitative estimate of drug-likeness (QED) is 0.109. The lowest BCUT2D eigenvalue weighted by molar-refractivity contribution is -0.169. The molecule has 5 heteroatoms. The van der Waals surface area contributed by atoms with E-state index in [-0.39, 0.29) is 0 Å². The van der Waals surface area contributed by atoms with Crippen LogP contribution in [0.25, 0.3) is 0 Å². The van der Waals surface area contributed by atoms with Gasteiger partial charge in [0.05, 0.1) is 33.0 Å². The molecule has 1 aliphatic carbocycles. The maximum Gasteiger partial charge on any atom is 0.146 e. The minimum atomic E-state index is -0.489. The van der Waals surface area contributed by atoms with Crippen molar-refractivity contribution in [2.75, 3.05) is 6.61 Å². The zero-order valence-electron chi connectivity index (χ0n) is 26.8. The van der Waals surface area contributed by atoms with Crippen LogP contribution in [0.5, 0.6) is 5.75 Å². The molecule has 0 aromatic heterocycles. The number of hydrogen-bond donors (Lipinski definition) is 0. The Morgan fingerprint density at radius 3 is 1.43 bits per heavy atom. The summed E-state index contributed by atoms with van der Waals surface area (Å²) in [7, 11) is 0. The highest BCUT2D eigenvalue weighted by atomic mass is 16.6. The van der Waals surface area contributed by atoms with Crippen molar-refractivity contribution >= 4 is 0 Å². The van der Waals surface area contributed by atoms with Crippen LogP contribution < -0.4 is 4.74 Å². The first-order valence-corrected chi connectivity index (χ1v) is 16.2. The Balaban J connectivity index is 1.35. The van der Waals surface area contributed by atoms with Gasteiger partial charge in [-0.2, -0.15) is 0 Å². The SMILES string of the molecule is Cc1ccccc1O[C@@H]1C=C(COCc2ccccc2)[C@@H](OCc2ccccc2)[C@H](OCc2ccccc2)[C@H]1OCc1ccccc1. The Kier molecular flexibility index (Phi) is 11.6. The molecule has 0 radical (unpaired) electrons. The summed E-state index contributed by atoms with van der Waals surface area (Å²) in [5.74, 6) is 0.803. The van der Waals surface area contributed by atoms with Crippen molar-refractivity contribution in [1.29, 1.82) is 0 Å². The number of benzene rings is 5. The van der Waals surface area contributed by atoms with Crippen LogP contribution in [-0.4, -0.2) is 31.0 Å². The third-order valence-corrected chi connectivity index (χ3v) is 8.27. The van der Waals surface area contributed by atoms with Crippen molar-refractivity contribution in [1.82, 2.24) is 0 Å². The average Bonchev–Trinajstić information content (AvgIpc) is 3.12. The molecule has 0 N–H and O–H groups in total. The Labute approximate surface area is 278 Å². The summed E-state index contributed by atoms with van der Waals surface area (Å²) in [6, 6.07) is 48.9. The van der Waals surface area contributed by atoms with Gasteiger partial charge in [-0.05, 0) is 52.5 Å². The molecule has 0 spiro atoms. The van der Waals surface area contributed by atoms with Gasteiger partial charge in [-0.15, -0.1) is 0 Å². The standard InChI is InChI=1S/C42H42O5/c1-32-16-14-15-25-38(32)47-39-26-37(31-43-27-33-17-6-2-7-18-33)40(44-28-34-19-8-3-9-20-34)42(46-30-36-23-12-5-13-24-36)41(39)45-29-35-21-10-4-11-22-35/h2-26,39-42H,27-31H2,1H3/t39-,40-,41+,42+/m1/s1. The Morgan fingerprint density at radius 2 is 0.894 bits per heavy atom. The van der Waals surface area contributed by atoms with Gasteiger partial charge in [0.15, 0.2) is 0 Å². The summed E-state index contributed by atoms with van der Waals surface area (Å²) < 4.78 is 33.5. The van der Waals surface area contributed by atoms with Crippen LogP contribution in [-0.2, 0) is 45.4 Å². The van der Waals surface area contributed by atoms with Crippen molar-refractivity contribution in [2.45, 2.75) is 57.8 Å². The van der Waals surface area contributed by atoms with Gasteiger partial charge in [-0.3, -0.25) is 0 Å². The van der Waals surface area contributed by atoms with Gasteiger partial charge in [-0.1, -0.05) is 140 Å². The highest BCUT2D eigenvalue weighted by Crippen LogP contribution is 2.33. The van der Waals surface area contributed by atoms with E-state index in [0.717, 1.165) is 39.1 Å². The molecular weight excluding hydrogens is 584 g/mol. The minimum Gasteiger partial charge on any atom is -0.483 e. The molecule has 0 unspecified atom stereocenters. The Bertz CT molecular complexity index is 1660. The first-order valence-electron chi connectivity index (χ1n) is 16.2. The predicted molar refractivity (Wildman–Crippen MR) is 185 cm³/mol. The molecule has 0 amide bonds. The molecule has 0 heterocycles. The first-order chi connectivity index (χ1) is 23.2. The fraction of sp³-hybridized carbons (Fsp3) is 0.238. The molecule has 5 aromatic rings. The van der Waals surface area contributed by atoms with Crippen molar-refractivity contribution < 1.29 is 23.7 Å². The molecule has 6 rings (SSSR count). The molecule has 0 bridgehead atoms. The highest BCUT2D eigenvalue weighted by molar-refractivity contribution is 5.34. The molecular formula is C42H42O5. The van der Waals surface area contributed by atoms with Gasteiger partial charge < -0.3 is 23.7 Å². The summed E-state index contributed by atoms with van der Waals surface area (Å²) in [5, 5.41) is 0. The van der Waals surface area contributed by atoms with E-state index in [1.54, 1.807) is 0 Å². The van der Waals surface area contributed by atoms with Crippen molar-refractivity contribution in [3.63, 3.8) is 0 Å². The minimum absolute atomic E-state index is 0.360. The number of hydrogen-bond acceptors (Lipinski definition) is 5. The summed E-state index contributed by atoms with van der Waals surface area (Å²) in [4.78, 5) is 0. The maximum atomic E-state index is 6.84. The molecule has 5 aromatic carbocycles.